The van der Waals surface area contributed by atoms with Crippen LogP contribution < -0.4 is 0 Å². The minimum atomic E-state index is -1.00. The Morgan fingerprint density at radius 1 is 1.54 bits per heavy atom. The van der Waals surface area contributed by atoms with Gasteiger partial charge in [-0.1, -0.05) is 6.92 Å². The van der Waals surface area contributed by atoms with Crippen molar-refractivity contribution in [1.82, 2.24) is 0 Å². The maximum absolute atomic E-state index is 13.0. The molecular formula is C10H11FO2. The Kier molecular flexibility index (Phi) is 2.66. The molecule has 0 aliphatic carbocycles. The molecule has 1 rings (SSSR count). The van der Waals surface area contributed by atoms with Crippen molar-refractivity contribution in [3.05, 3.63) is 34.6 Å². The first-order chi connectivity index (χ1) is 6.07. The van der Waals surface area contributed by atoms with E-state index in [-0.39, 0.29) is 11.4 Å². The first kappa shape index (κ1) is 9.71. The Bertz CT molecular complexity index is 345. The Morgan fingerprint density at radius 3 is 2.62 bits per heavy atom. The Labute approximate surface area is 76.0 Å². The monoisotopic (exact) mass is 182 g/mol. The van der Waals surface area contributed by atoms with Crippen molar-refractivity contribution >= 4 is 5.97 Å². The van der Waals surface area contributed by atoms with Gasteiger partial charge in [-0.15, -0.1) is 0 Å². The standard InChI is InChI=1S/C10H11FO2/c1-3-7-6(2)9(11)5-4-8(7)10(12)13/h4-5H,3H2,1-2H3,(H,12,13). The van der Waals surface area contributed by atoms with Gasteiger partial charge < -0.3 is 5.11 Å². The van der Waals surface area contributed by atoms with Gasteiger partial charge >= 0.3 is 5.97 Å². The minimum Gasteiger partial charge on any atom is -0.478 e. The van der Waals surface area contributed by atoms with Crippen LogP contribution in [0.4, 0.5) is 4.39 Å². The summed E-state index contributed by atoms with van der Waals surface area (Å²) in [5.41, 5.74) is 1.20. The normalized spacial score (nSPS) is 10.1. The van der Waals surface area contributed by atoms with Crippen LogP contribution in [0, 0.1) is 12.7 Å². The summed E-state index contributed by atoms with van der Waals surface area (Å²) < 4.78 is 13.0. The lowest BCUT2D eigenvalue weighted by atomic mass is 9.99. The number of carboxylic acids is 1. The third kappa shape index (κ3) is 1.69. The van der Waals surface area contributed by atoms with Crippen molar-refractivity contribution < 1.29 is 14.3 Å². The molecule has 0 fully saturated rings. The summed E-state index contributed by atoms with van der Waals surface area (Å²) >= 11 is 0. The molecule has 0 aliphatic rings. The van der Waals surface area contributed by atoms with E-state index >= 15 is 0 Å². The number of hydrogen-bond acceptors (Lipinski definition) is 1. The van der Waals surface area contributed by atoms with E-state index in [2.05, 4.69) is 0 Å². The minimum absolute atomic E-state index is 0.196. The van der Waals surface area contributed by atoms with Crippen LogP contribution in [0.2, 0.25) is 0 Å². The van der Waals surface area contributed by atoms with Gasteiger partial charge in [0.2, 0.25) is 0 Å². The maximum Gasteiger partial charge on any atom is 0.335 e. The van der Waals surface area contributed by atoms with Crippen LogP contribution >= 0.6 is 0 Å². The van der Waals surface area contributed by atoms with Gasteiger partial charge in [0.15, 0.2) is 0 Å². The van der Waals surface area contributed by atoms with Crippen molar-refractivity contribution in [2.45, 2.75) is 20.3 Å². The van der Waals surface area contributed by atoms with Crippen molar-refractivity contribution in [2.75, 3.05) is 0 Å². The van der Waals surface area contributed by atoms with Crippen LogP contribution in [-0.2, 0) is 6.42 Å². The molecule has 0 amide bonds. The highest BCUT2D eigenvalue weighted by Gasteiger charge is 2.12. The third-order valence-electron chi connectivity index (χ3n) is 2.12. The van der Waals surface area contributed by atoms with E-state index in [1.165, 1.54) is 12.1 Å². The van der Waals surface area contributed by atoms with E-state index in [4.69, 9.17) is 5.11 Å². The molecule has 0 saturated carbocycles. The van der Waals surface area contributed by atoms with E-state index in [0.29, 0.717) is 17.5 Å². The van der Waals surface area contributed by atoms with E-state index in [9.17, 15) is 9.18 Å². The van der Waals surface area contributed by atoms with Crippen LogP contribution in [0.1, 0.15) is 28.4 Å². The van der Waals surface area contributed by atoms with Gasteiger partial charge in [-0.2, -0.15) is 0 Å². The summed E-state index contributed by atoms with van der Waals surface area (Å²) in [5.74, 6) is -1.35. The van der Waals surface area contributed by atoms with Crippen molar-refractivity contribution in [2.24, 2.45) is 0 Å². The van der Waals surface area contributed by atoms with Crippen LogP contribution in [0.15, 0.2) is 12.1 Å². The summed E-state index contributed by atoms with van der Waals surface area (Å²) in [6, 6.07) is 2.50. The van der Waals surface area contributed by atoms with Crippen LogP contribution in [0.25, 0.3) is 0 Å². The Morgan fingerprint density at radius 2 is 2.15 bits per heavy atom. The average molecular weight is 182 g/mol. The molecule has 0 unspecified atom stereocenters. The second-order valence-corrected chi connectivity index (χ2v) is 2.86. The zero-order valence-electron chi connectivity index (χ0n) is 7.60. The molecule has 0 radical (unpaired) electrons. The molecule has 70 valence electrons. The molecule has 1 aromatic rings. The SMILES string of the molecule is CCc1c(C(=O)O)ccc(F)c1C. The number of carboxylic acid groups (broad SMARTS) is 1. The summed E-state index contributed by atoms with van der Waals surface area (Å²) in [7, 11) is 0. The first-order valence-corrected chi connectivity index (χ1v) is 4.09. The molecule has 0 aromatic heterocycles. The van der Waals surface area contributed by atoms with Gasteiger partial charge in [-0.3, -0.25) is 0 Å². The lowest BCUT2D eigenvalue weighted by Gasteiger charge is -2.07. The highest BCUT2D eigenvalue weighted by Crippen LogP contribution is 2.18. The number of halogens is 1. The third-order valence-corrected chi connectivity index (χ3v) is 2.12. The number of aromatic carboxylic acids is 1. The highest BCUT2D eigenvalue weighted by molar-refractivity contribution is 5.89. The second-order valence-electron chi connectivity index (χ2n) is 2.86. The maximum atomic E-state index is 13.0. The predicted octanol–water partition coefficient (Wildman–Crippen LogP) is 2.39. The van der Waals surface area contributed by atoms with Crippen molar-refractivity contribution in [1.29, 1.82) is 0 Å². The van der Waals surface area contributed by atoms with E-state index < -0.39 is 5.97 Å². The fraction of sp³-hybridized carbons (Fsp3) is 0.300. The fourth-order valence-corrected chi connectivity index (χ4v) is 1.38. The molecule has 13 heavy (non-hydrogen) atoms. The number of hydrogen-bond donors (Lipinski definition) is 1. The van der Waals surface area contributed by atoms with Gasteiger partial charge in [-0.25, -0.2) is 9.18 Å². The lowest BCUT2D eigenvalue weighted by Crippen LogP contribution is -2.05. The first-order valence-electron chi connectivity index (χ1n) is 4.09. The average Bonchev–Trinajstić information content (AvgIpc) is 2.09. The summed E-state index contributed by atoms with van der Waals surface area (Å²) in [6.45, 7) is 3.41. The summed E-state index contributed by atoms with van der Waals surface area (Å²) in [5, 5.41) is 8.79. The zero-order valence-corrected chi connectivity index (χ0v) is 7.60. The largest absolute Gasteiger partial charge is 0.478 e. The lowest BCUT2D eigenvalue weighted by molar-refractivity contribution is 0.0695. The molecule has 0 saturated heterocycles. The van der Waals surface area contributed by atoms with Gasteiger partial charge in [0, 0.05) is 0 Å². The predicted molar refractivity (Wildman–Crippen MR) is 47.5 cm³/mol. The van der Waals surface area contributed by atoms with Crippen LogP contribution in [0.3, 0.4) is 0 Å². The Hall–Kier alpha value is -1.38. The molecule has 0 atom stereocenters. The van der Waals surface area contributed by atoms with Crippen molar-refractivity contribution in [3.63, 3.8) is 0 Å². The summed E-state index contributed by atoms with van der Waals surface area (Å²) in [6.07, 6.45) is 0.533. The second kappa shape index (κ2) is 3.56. The van der Waals surface area contributed by atoms with Gasteiger partial charge in [0.1, 0.15) is 5.82 Å². The fourth-order valence-electron chi connectivity index (χ4n) is 1.38. The van der Waals surface area contributed by atoms with Gasteiger partial charge in [0.05, 0.1) is 5.56 Å². The molecule has 3 heteroatoms. The van der Waals surface area contributed by atoms with Gasteiger partial charge in [0.25, 0.3) is 0 Å². The summed E-state index contributed by atoms with van der Waals surface area (Å²) in [4.78, 5) is 10.7. The van der Waals surface area contributed by atoms with Gasteiger partial charge in [-0.05, 0) is 36.6 Å². The Balaban J connectivity index is 3.38. The highest BCUT2D eigenvalue weighted by atomic mass is 19.1. The van der Waals surface area contributed by atoms with Crippen LogP contribution in [-0.4, -0.2) is 11.1 Å². The molecule has 0 spiro atoms. The molecular weight excluding hydrogens is 171 g/mol. The van der Waals surface area contributed by atoms with E-state index in [0.717, 1.165) is 0 Å². The van der Waals surface area contributed by atoms with Crippen LogP contribution in [0.5, 0.6) is 0 Å². The molecule has 0 heterocycles. The molecule has 0 aliphatic heterocycles. The molecule has 1 aromatic carbocycles. The topological polar surface area (TPSA) is 37.3 Å². The molecule has 0 bridgehead atoms. The smallest absolute Gasteiger partial charge is 0.335 e. The van der Waals surface area contributed by atoms with E-state index in [1.54, 1.807) is 6.92 Å². The molecule has 1 N–H and O–H groups in total. The zero-order chi connectivity index (χ0) is 10.0. The molecule has 2 nitrogen and oxygen atoms in total. The van der Waals surface area contributed by atoms with Crippen molar-refractivity contribution in [3.8, 4) is 0 Å². The van der Waals surface area contributed by atoms with E-state index in [1.807, 2.05) is 6.92 Å². The number of rotatable bonds is 2. The number of carbonyl (C=O) groups is 1. The quantitative estimate of drug-likeness (QED) is 0.762. The number of benzene rings is 1.